The second-order valence-electron chi connectivity index (χ2n) is 5.39. The van der Waals surface area contributed by atoms with E-state index in [0.717, 1.165) is 48.5 Å². The number of benzene rings is 2. The Labute approximate surface area is 147 Å². The number of hydrogen-bond donors (Lipinski definition) is 1. The van der Waals surface area contributed by atoms with Gasteiger partial charge in [0.05, 0.1) is 18.2 Å². The van der Waals surface area contributed by atoms with Crippen molar-refractivity contribution in [2.45, 2.75) is 26.3 Å². The van der Waals surface area contributed by atoms with Crippen molar-refractivity contribution in [3.8, 4) is 11.5 Å². The molecule has 0 unspecified atom stereocenters. The SMILES string of the molecule is CCCOc1ccc(CNCCc2ccc(OC)cc2)cc1Br. The third-order valence-corrected chi connectivity index (χ3v) is 4.16. The molecule has 0 radical (unpaired) electrons. The van der Waals surface area contributed by atoms with Crippen LogP contribution < -0.4 is 14.8 Å². The molecule has 2 aromatic rings. The molecule has 0 heterocycles. The number of halogens is 1. The maximum atomic E-state index is 5.67. The zero-order valence-corrected chi connectivity index (χ0v) is 15.4. The van der Waals surface area contributed by atoms with E-state index in [1.165, 1.54) is 11.1 Å². The fourth-order valence-electron chi connectivity index (χ4n) is 2.24. The Morgan fingerprint density at radius 2 is 1.78 bits per heavy atom. The topological polar surface area (TPSA) is 30.5 Å². The van der Waals surface area contributed by atoms with E-state index in [1.54, 1.807) is 7.11 Å². The van der Waals surface area contributed by atoms with Crippen molar-refractivity contribution < 1.29 is 9.47 Å². The molecule has 0 fully saturated rings. The molecule has 0 amide bonds. The van der Waals surface area contributed by atoms with Crippen LogP contribution >= 0.6 is 15.9 Å². The van der Waals surface area contributed by atoms with Gasteiger partial charge in [0.15, 0.2) is 0 Å². The van der Waals surface area contributed by atoms with Crippen molar-refractivity contribution in [2.75, 3.05) is 20.3 Å². The molecule has 2 aromatic carbocycles. The molecule has 0 aliphatic carbocycles. The van der Waals surface area contributed by atoms with Crippen molar-refractivity contribution in [1.82, 2.24) is 5.32 Å². The molecular formula is C19H24BrNO2. The Bertz CT molecular complexity index is 599. The van der Waals surface area contributed by atoms with Gasteiger partial charge in [0, 0.05) is 6.54 Å². The monoisotopic (exact) mass is 377 g/mol. The van der Waals surface area contributed by atoms with Gasteiger partial charge in [-0.05, 0) is 70.7 Å². The van der Waals surface area contributed by atoms with Crippen LogP contribution in [0.2, 0.25) is 0 Å². The van der Waals surface area contributed by atoms with E-state index in [2.05, 4.69) is 52.4 Å². The third kappa shape index (κ3) is 5.88. The zero-order valence-electron chi connectivity index (χ0n) is 13.8. The summed E-state index contributed by atoms with van der Waals surface area (Å²) < 4.78 is 11.8. The summed E-state index contributed by atoms with van der Waals surface area (Å²) in [5.41, 5.74) is 2.55. The summed E-state index contributed by atoms with van der Waals surface area (Å²) in [5, 5.41) is 3.48. The minimum Gasteiger partial charge on any atom is -0.497 e. The van der Waals surface area contributed by atoms with Crippen LogP contribution in [0.4, 0.5) is 0 Å². The first-order valence-corrected chi connectivity index (χ1v) is 8.77. The third-order valence-electron chi connectivity index (χ3n) is 3.54. The standard InChI is InChI=1S/C19H24BrNO2/c1-3-12-23-19-9-6-16(13-18(19)20)14-21-11-10-15-4-7-17(22-2)8-5-15/h4-9,13,21H,3,10-12,14H2,1-2H3. The lowest BCUT2D eigenvalue weighted by atomic mass is 10.1. The van der Waals surface area contributed by atoms with Crippen LogP contribution in [0, 0.1) is 0 Å². The molecule has 0 bridgehead atoms. The molecule has 3 nitrogen and oxygen atoms in total. The van der Waals surface area contributed by atoms with Gasteiger partial charge in [-0.1, -0.05) is 25.1 Å². The summed E-state index contributed by atoms with van der Waals surface area (Å²) in [6.45, 7) is 4.65. The van der Waals surface area contributed by atoms with Crippen molar-refractivity contribution in [1.29, 1.82) is 0 Å². The van der Waals surface area contributed by atoms with Crippen LogP contribution in [0.15, 0.2) is 46.9 Å². The molecule has 2 rings (SSSR count). The lowest BCUT2D eigenvalue weighted by Crippen LogP contribution is -2.16. The van der Waals surface area contributed by atoms with Crippen molar-refractivity contribution in [3.63, 3.8) is 0 Å². The van der Waals surface area contributed by atoms with Crippen LogP contribution in [-0.2, 0) is 13.0 Å². The van der Waals surface area contributed by atoms with Gasteiger partial charge in [-0.15, -0.1) is 0 Å². The minimum absolute atomic E-state index is 0.748. The molecule has 0 saturated heterocycles. The summed E-state index contributed by atoms with van der Waals surface area (Å²) in [5.74, 6) is 1.81. The maximum absolute atomic E-state index is 5.67. The predicted octanol–water partition coefficient (Wildman–Crippen LogP) is 4.58. The maximum Gasteiger partial charge on any atom is 0.133 e. The summed E-state index contributed by atoms with van der Waals surface area (Å²) in [4.78, 5) is 0. The first-order valence-electron chi connectivity index (χ1n) is 7.97. The zero-order chi connectivity index (χ0) is 16.5. The molecule has 23 heavy (non-hydrogen) atoms. The van der Waals surface area contributed by atoms with Gasteiger partial charge in [-0.25, -0.2) is 0 Å². The normalized spacial score (nSPS) is 10.6. The molecule has 4 heteroatoms. The highest BCUT2D eigenvalue weighted by atomic mass is 79.9. The molecule has 0 aromatic heterocycles. The summed E-state index contributed by atoms with van der Waals surface area (Å²) in [7, 11) is 1.69. The Balaban J connectivity index is 1.76. The van der Waals surface area contributed by atoms with Crippen LogP contribution in [-0.4, -0.2) is 20.3 Å². The van der Waals surface area contributed by atoms with Gasteiger partial charge in [0.25, 0.3) is 0 Å². The minimum atomic E-state index is 0.748. The summed E-state index contributed by atoms with van der Waals surface area (Å²) in [6.07, 6.45) is 2.02. The fraction of sp³-hybridized carbons (Fsp3) is 0.368. The van der Waals surface area contributed by atoms with E-state index in [9.17, 15) is 0 Å². The van der Waals surface area contributed by atoms with Gasteiger partial charge in [-0.2, -0.15) is 0 Å². The molecule has 1 N–H and O–H groups in total. The first-order chi connectivity index (χ1) is 11.2. The number of rotatable bonds is 9. The van der Waals surface area contributed by atoms with Gasteiger partial charge in [-0.3, -0.25) is 0 Å². The van der Waals surface area contributed by atoms with Gasteiger partial charge in [0.1, 0.15) is 11.5 Å². The fourth-order valence-corrected chi connectivity index (χ4v) is 2.78. The van der Waals surface area contributed by atoms with Crippen LogP contribution in [0.5, 0.6) is 11.5 Å². The molecule has 0 saturated carbocycles. The predicted molar refractivity (Wildman–Crippen MR) is 98.3 cm³/mol. The Hall–Kier alpha value is -1.52. The van der Waals surface area contributed by atoms with E-state index in [-0.39, 0.29) is 0 Å². The van der Waals surface area contributed by atoms with E-state index in [0.29, 0.717) is 0 Å². The van der Waals surface area contributed by atoms with E-state index in [4.69, 9.17) is 9.47 Å². The molecule has 124 valence electrons. The second kappa shape index (κ2) is 9.58. The van der Waals surface area contributed by atoms with E-state index < -0.39 is 0 Å². The van der Waals surface area contributed by atoms with Gasteiger partial charge >= 0.3 is 0 Å². The second-order valence-corrected chi connectivity index (χ2v) is 6.24. The molecule has 0 aliphatic heterocycles. The Morgan fingerprint density at radius 1 is 1.04 bits per heavy atom. The van der Waals surface area contributed by atoms with Crippen LogP contribution in [0.25, 0.3) is 0 Å². The Kier molecular flexibility index (Phi) is 7.43. The van der Waals surface area contributed by atoms with Gasteiger partial charge in [0.2, 0.25) is 0 Å². The van der Waals surface area contributed by atoms with Crippen molar-refractivity contribution >= 4 is 15.9 Å². The highest BCUT2D eigenvalue weighted by molar-refractivity contribution is 9.10. The number of nitrogens with one attached hydrogen (secondary N) is 1. The number of ether oxygens (including phenoxy) is 2. The quantitative estimate of drug-likeness (QED) is 0.648. The van der Waals surface area contributed by atoms with Crippen molar-refractivity contribution in [3.05, 3.63) is 58.1 Å². The molecular weight excluding hydrogens is 354 g/mol. The highest BCUT2D eigenvalue weighted by Gasteiger charge is 2.02. The summed E-state index contributed by atoms with van der Waals surface area (Å²) in [6, 6.07) is 14.5. The molecule has 0 atom stereocenters. The summed E-state index contributed by atoms with van der Waals surface area (Å²) >= 11 is 3.57. The molecule has 0 spiro atoms. The number of hydrogen-bond acceptors (Lipinski definition) is 3. The average molecular weight is 378 g/mol. The van der Waals surface area contributed by atoms with Gasteiger partial charge < -0.3 is 14.8 Å². The molecule has 0 aliphatic rings. The first kappa shape index (κ1) is 17.8. The van der Waals surface area contributed by atoms with E-state index >= 15 is 0 Å². The lowest BCUT2D eigenvalue weighted by Gasteiger charge is -2.10. The largest absolute Gasteiger partial charge is 0.497 e. The van der Waals surface area contributed by atoms with Crippen molar-refractivity contribution in [2.24, 2.45) is 0 Å². The van der Waals surface area contributed by atoms with E-state index in [1.807, 2.05) is 18.2 Å². The average Bonchev–Trinajstić information content (AvgIpc) is 2.58. The lowest BCUT2D eigenvalue weighted by molar-refractivity contribution is 0.315. The smallest absolute Gasteiger partial charge is 0.133 e. The highest BCUT2D eigenvalue weighted by Crippen LogP contribution is 2.26. The van der Waals surface area contributed by atoms with Crippen LogP contribution in [0.3, 0.4) is 0 Å². The Morgan fingerprint density at radius 3 is 2.43 bits per heavy atom. The van der Waals surface area contributed by atoms with Crippen LogP contribution in [0.1, 0.15) is 24.5 Å². The number of methoxy groups -OCH3 is 1.